The molecular formula is C32H40N4O8. The summed E-state index contributed by atoms with van der Waals surface area (Å²) in [5, 5.41) is 28.4. The normalized spacial score (nSPS) is 11.5. The number of hydrogen-bond acceptors (Lipinski definition) is 9. The molecule has 5 rings (SSSR count). The number of methoxy groups -OCH3 is 1. The van der Waals surface area contributed by atoms with Gasteiger partial charge in [0.15, 0.2) is 11.2 Å². The number of unbranched alkanes of at least 4 members (excludes halogenated alkanes) is 1. The summed E-state index contributed by atoms with van der Waals surface area (Å²) in [6.07, 6.45) is 6.86. The van der Waals surface area contributed by atoms with Crippen molar-refractivity contribution in [1.29, 1.82) is 0 Å². The first-order valence-electron chi connectivity index (χ1n) is 14.4. The number of benzene rings is 2. The molecule has 0 saturated heterocycles. The average molecular weight is 609 g/mol. The van der Waals surface area contributed by atoms with Crippen LogP contribution in [-0.2, 0) is 25.4 Å². The number of aromatic nitrogens is 4. The molecule has 0 aliphatic carbocycles. The van der Waals surface area contributed by atoms with E-state index in [1.807, 2.05) is 6.92 Å². The molecule has 0 aliphatic rings. The Labute approximate surface area is 254 Å². The maximum Gasteiger partial charge on any atom is 0.332 e. The highest BCUT2D eigenvalue weighted by Crippen LogP contribution is 2.29. The minimum absolute atomic E-state index is 0.00775. The molecule has 3 heterocycles. The number of phenols is 3. The Morgan fingerprint density at radius 1 is 0.977 bits per heavy atom. The van der Waals surface area contributed by atoms with Gasteiger partial charge in [0.25, 0.3) is 5.56 Å². The number of phenolic OH excluding ortho intramolecular Hbond substituents is 3. The Hall–Kier alpha value is -4.84. The number of imidazole rings is 1. The van der Waals surface area contributed by atoms with E-state index in [-0.39, 0.29) is 51.1 Å². The van der Waals surface area contributed by atoms with E-state index in [1.54, 1.807) is 44.2 Å². The minimum atomic E-state index is -0.408. The fraction of sp³-hybridized carbons (Fsp3) is 0.375. The zero-order valence-electron chi connectivity index (χ0n) is 25.9. The first-order chi connectivity index (χ1) is 20.9. The summed E-state index contributed by atoms with van der Waals surface area (Å²) in [6.45, 7) is 6.68. The number of ether oxygens (including phenoxy) is 1. The molecule has 1 atom stereocenters. The first-order valence-corrected chi connectivity index (χ1v) is 14.4. The van der Waals surface area contributed by atoms with E-state index in [0.29, 0.717) is 23.3 Å². The monoisotopic (exact) mass is 608 g/mol. The van der Waals surface area contributed by atoms with Gasteiger partial charge < -0.3 is 29.0 Å². The van der Waals surface area contributed by atoms with Crippen LogP contribution in [0.25, 0.3) is 33.3 Å². The first kappa shape index (κ1) is 33.7. The van der Waals surface area contributed by atoms with Gasteiger partial charge in [0.1, 0.15) is 34.5 Å². The molecule has 12 heteroatoms. The van der Waals surface area contributed by atoms with E-state index in [9.17, 15) is 29.7 Å². The van der Waals surface area contributed by atoms with Crippen LogP contribution in [0.2, 0.25) is 0 Å². The van der Waals surface area contributed by atoms with Crippen molar-refractivity contribution in [2.24, 2.45) is 14.1 Å². The lowest BCUT2D eigenvalue weighted by Crippen LogP contribution is -2.39. The quantitative estimate of drug-likeness (QED) is 0.224. The van der Waals surface area contributed by atoms with Crippen molar-refractivity contribution >= 4 is 22.1 Å². The highest BCUT2D eigenvalue weighted by molar-refractivity contribution is 5.88. The molecule has 12 nitrogen and oxygen atoms in total. The number of rotatable bonds is 7. The Bertz CT molecular complexity index is 1880. The molecule has 0 spiro atoms. The van der Waals surface area contributed by atoms with E-state index in [4.69, 9.17) is 9.15 Å². The minimum Gasteiger partial charge on any atom is -0.508 e. The number of hydrogen-bond donors (Lipinski definition) is 3. The Morgan fingerprint density at radius 2 is 1.64 bits per heavy atom. The van der Waals surface area contributed by atoms with Gasteiger partial charge in [-0.15, -0.1) is 0 Å². The molecule has 0 bridgehead atoms. The van der Waals surface area contributed by atoms with Gasteiger partial charge in [-0.05, 0) is 43.9 Å². The summed E-state index contributed by atoms with van der Waals surface area (Å²) in [5.41, 5.74) is 0.826. The summed E-state index contributed by atoms with van der Waals surface area (Å²) < 4.78 is 14.8. The van der Waals surface area contributed by atoms with Gasteiger partial charge >= 0.3 is 5.69 Å². The zero-order valence-corrected chi connectivity index (χ0v) is 25.9. The van der Waals surface area contributed by atoms with Crippen LogP contribution in [0.15, 0.2) is 67.8 Å². The molecule has 0 fully saturated rings. The smallest absolute Gasteiger partial charge is 0.332 e. The molecule has 3 aromatic heterocycles. The second kappa shape index (κ2) is 15.1. The van der Waals surface area contributed by atoms with Crippen LogP contribution < -0.4 is 16.7 Å². The SMILES string of the molecule is CCC.COC(C)CCCCn1c(=O)c2c(ncn2C)n(C)c1=O.O=c1c(-c2ccc(O)cc2)coc2cc(O)cc(O)c12. The molecule has 1 unspecified atom stereocenters. The van der Waals surface area contributed by atoms with Crippen LogP contribution in [0, 0.1) is 0 Å². The molecular weight excluding hydrogens is 568 g/mol. The van der Waals surface area contributed by atoms with Gasteiger partial charge in [-0.25, -0.2) is 9.78 Å². The molecule has 0 radical (unpaired) electrons. The predicted molar refractivity (Wildman–Crippen MR) is 169 cm³/mol. The van der Waals surface area contributed by atoms with Crippen molar-refractivity contribution in [3.8, 4) is 28.4 Å². The Morgan fingerprint density at radius 3 is 2.27 bits per heavy atom. The molecule has 0 amide bonds. The predicted octanol–water partition coefficient (Wildman–Crippen LogP) is 4.63. The number of aromatic hydroxyl groups is 3. The number of aryl methyl sites for hydroxylation is 2. The van der Waals surface area contributed by atoms with Gasteiger partial charge in [0.2, 0.25) is 5.43 Å². The summed E-state index contributed by atoms with van der Waals surface area (Å²) >= 11 is 0. The summed E-state index contributed by atoms with van der Waals surface area (Å²) in [4.78, 5) is 41.2. The lowest BCUT2D eigenvalue weighted by molar-refractivity contribution is 0.108. The van der Waals surface area contributed by atoms with E-state index in [1.165, 1.54) is 40.0 Å². The standard InChI is InChI=1S/C15H10O5.C14H22N4O3.C3H8/c16-9-3-1-8(2-4-9)11-7-20-13-6-10(17)5-12(18)14(13)15(11)19;1-10(21-4)7-5-6-8-18-13(19)11-12(15-9-16(11)2)17(3)14(18)20;1-3-2/h1-7,16-18H;9-10H,5-8H2,1-4H3;3H2,1-2H3. The number of nitrogens with zero attached hydrogens (tertiary/aromatic N) is 4. The van der Waals surface area contributed by atoms with Crippen molar-refractivity contribution in [3.05, 3.63) is 80.1 Å². The van der Waals surface area contributed by atoms with Crippen molar-refractivity contribution in [3.63, 3.8) is 0 Å². The fourth-order valence-electron chi connectivity index (χ4n) is 4.47. The van der Waals surface area contributed by atoms with Crippen LogP contribution in [0.4, 0.5) is 0 Å². The molecule has 44 heavy (non-hydrogen) atoms. The second-order valence-electron chi connectivity index (χ2n) is 10.4. The molecule has 5 aromatic rings. The third kappa shape index (κ3) is 7.56. The van der Waals surface area contributed by atoms with Crippen molar-refractivity contribution in [1.82, 2.24) is 18.7 Å². The molecule has 236 valence electrons. The van der Waals surface area contributed by atoms with Crippen LogP contribution in [0.3, 0.4) is 0 Å². The maximum atomic E-state index is 12.4. The molecule has 0 saturated carbocycles. The van der Waals surface area contributed by atoms with Crippen LogP contribution in [0.1, 0.15) is 46.5 Å². The molecule has 2 aromatic carbocycles. The lowest BCUT2D eigenvalue weighted by Gasteiger charge is -2.10. The van der Waals surface area contributed by atoms with E-state index < -0.39 is 5.43 Å². The van der Waals surface area contributed by atoms with Gasteiger partial charge in [0.05, 0.1) is 18.0 Å². The van der Waals surface area contributed by atoms with E-state index in [2.05, 4.69) is 18.8 Å². The molecule has 3 N–H and O–H groups in total. The van der Waals surface area contributed by atoms with Crippen LogP contribution in [0.5, 0.6) is 17.2 Å². The van der Waals surface area contributed by atoms with Gasteiger partial charge in [-0.2, -0.15) is 0 Å². The second-order valence-corrected chi connectivity index (χ2v) is 10.4. The highest BCUT2D eigenvalue weighted by Gasteiger charge is 2.15. The Balaban J connectivity index is 0.000000221. The van der Waals surface area contributed by atoms with E-state index in [0.717, 1.165) is 25.3 Å². The van der Waals surface area contributed by atoms with Crippen LogP contribution in [-0.4, -0.2) is 47.2 Å². The zero-order chi connectivity index (χ0) is 32.6. The summed E-state index contributed by atoms with van der Waals surface area (Å²) in [7, 11) is 5.08. The third-order valence-corrected chi connectivity index (χ3v) is 6.87. The van der Waals surface area contributed by atoms with Gasteiger partial charge in [0, 0.05) is 39.9 Å². The summed E-state index contributed by atoms with van der Waals surface area (Å²) in [5.74, 6) is -0.434. The fourth-order valence-corrected chi connectivity index (χ4v) is 4.47. The number of fused-ring (bicyclic) bond motifs is 2. The molecule has 0 aliphatic heterocycles. The van der Waals surface area contributed by atoms with Gasteiger partial charge in [-0.1, -0.05) is 32.4 Å². The van der Waals surface area contributed by atoms with Crippen molar-refractivity contribution in [2.75, 3.05) is 7.11 Å². The van der Waals surface area contributed by atoms with Crippen molar-refractivity contribution < 1.29 is 24.5 Å². The average Bonchev–Trinajstić information content (AvgIpc) is 3.38. The maximum absolute atomic E-state index is 12.4. The largest absolute Gasteiger partial charge is 0.508 e. The van der Waals surface area contributed by atoms with Crippen LogP contribution >= 0.6 is 0 Å². The summed E-state index contributed by atoms with van der Waals surface area (Å²) in [6, 6.07) is 8.40. The van der Waals surface area contributed by atoms with Gasteiger partial charge in [-0.3, -0.25) is 18.7 Å². The topological polar surface area (TPSA) is 162 Å². The van der Waals surface area contributed by atoms with E-state index >= 15 is 0 Å². The lowest BCUT2D eigenvalue weighted by atomic mass is 10.0. The van der Waals surface area contributed by atoms with Crippen molar-refractivity contribution in [2.45, 2.75) is 59.1 Å². The third-order valence-electron chi connectivity index (χ3n) is 6.87. The Kier molecular flexibility index (Phi) is 11.5. The highest BCUT2D eigenvalue weighted by atomic mass is 16.5.